The zero-order chi connectivity index (χ0) is 14.1. The third kappa shape index (κ3) is 2.61. The molecule has 4 atom stereocenters. The summed E-state index contributed by atoms with van der Waals surface area (Å²) in [5, 5.41) is 14.2. The van der Waals surface area contributed by atoms with Gasteiger partial charge in [0.2, 0.25) is 0 Å². The molecule has 0 aromatic heterocycles. The molecule has 3 fully saturated rings. The molecule has 0 aromatic carbocycles. The molecule has 112 valence electrons. The van der Waals surface area contributed by atoms with E-state index in [1.165, 1.54) is 6.42 Å². The smallest absolute Gasteiger partial charge is 0.329 e. The first-order valence-corrected chi connectivity index (χ1v) is 7.70. The van der Waals surface area contributed by atoms with Crippen molar-refractivity contribution in [1.29, 1.82) is 0 Å². The predicted octanol–water partition coefficient (Wildman–Crippen LogP) is 1.19. The second kappa shape index (κ2) is 5.60. The number of rotatable bonds is 3. The van der Waals surface area contributed by atoms with Crippen molar-refractivity contribution in [2.45, 2.75) is 44.6 Å². The maximum absolute atomic E-state index is 12.1. The van der Waals surface area contributed by atoms with Crippen LogP contribution < -0.4 is 10.7 Å². The second-order valence-corrected chi connectivity index (χ2v) is 6.36. The molecule has 1 saturated heterocycles. The molecule has 3 rings (SSSR count). The van der Waals surface area contributed by atoms with Crippen molar-refractivity contribution in [3.63, 3.8) is 0 Å². The van der Waals surface area contributed by atoms with Crippen LogP contribution in [0.15, 0.2) is 0 Å². The number of fused-ring (bicyclic) bond motifs is 2. The molecule has 1 heterocycles. The Hall–Kier alpha value is -1.30. The minimum Gasteiger partial charge on any atom is -0.481 e. The summed E-state index contributed by atoms with van der Waals surface area (Å²) in [6.45, 7) is 1.76. The number of piperidine rings is 1. The van der Waals surface area contributed by atoms with E-state index in [9.17, 15) is 14.7 Å². The van der Waals surface area contributed by atoms with Crippen LogP contribution in [0.2, 0.25) is 0 Å². The van der Waals surface area contributed by atoms with E-state index in [4.69, 9.17) is 0 Å². The summed E-state index contributed by atoms with van der Waals surface area (Å²) in [4.78, 5) is 23.4. The Morgan fingerprint density at radius 3 is 2.45 bits per heavy atom. The molecule has 3 aliphatic rings. The van der Waals surface area contributed by atoms with E-state index in [1.807, 2.05) is 5.01 Å². The summed E-state index contributed by atoms with van der Waals surface area (Å²) in [6, 6.07) is -0.438. The van der Waals surface area contributed by atoms with Gasteiger partial charge in [0.15, 0.2) is 0 Å². The number of carbonyl (C=O) groups is 2. The van der Waals surface area contributed by atoms with E-state index in [-0.39, 0.29) is 18.0 Å². The molecule has 3 N–H and O–H groups in total. The molecule has 6 heteroatoms. The largest absolute Gasteiger partial charge is 0.481 e. The molecule has 0 spiro atoms. The highest BCUT2D eigenvalue weighted by atomic mass is 16.4. The van der Waals surface area contributed by atoms with Crippen molar-refractivity contribution in [3.05, 3.63) is 0 Å². The normalized spacial score (nSPS) is 36.8. The van der Waals surface area contributed by atoms with E-state index in [2.05, 4.69) is 10.7 Å². The third-order valence-corrected chi connectivity index (χ3v) is 5.12. The Morgan fingerprint density at radius 2 is 1.75 bits per heavy atom. The molecule has 1 aliphatic heterocycles. The highest BCUT2D eigenvalue weighted by Crippen LogP contribution is 2.48. The van der Waals surface area contributed by atoms with Gasteiger partial charge in [0.25, 0.3) is 0 Å². The fourth-order valence-corrected chi connectivity index (χ4v) is 4.19. The molecule has 6 nitrogen and oxygen atoms in total. The van der Waals surface area contributed by atoms with Gasteiger partial charge < -0.3 is 10.4 Å². The molecule has 0 radical (unpaired) electrons. The minimum atomic E-state index is -0.763. The number of hydrogen-bond acceptors (Lipinski definition) is 3. The van der Waals surface area contributed by atoms with E-state index in [0.29, 0.717) is 5.92 Å². The lowest BCUT2D eigenvalue weighted by Gasteiger charge is -2.31. The number of carboxylic acids is 1. The van der Waals surface area contributed by atoms with Gasteiger partial charge in [-0.05, 0) is 43.9 Å². The van der Waals surface area contributed by atoms with Gasteiger partial charge >= 0.3 is 12.0 Å². The quantitative estimate of drug-likeness (QED) is 0.725. The average Bonchev–Trinajstić information content (AvgIpc) is 3.00. The van der Waals surface area contributed by atoms with Crippen molar-refractivity contribution in [3.8, 4) is 0 Å². The first kappa shape index (κ1) is 13.7. The molecule has 2 saturated carbocycles. The van der Waals surface area contributed by atoms with Crippen LogP contribution in [-0.2, 0) is 4.79 Å². The van der Waals surface area contributed by atoms with Crippen LogP contribution >= 0.6 is 0 Å². The molecule has 20 heavy (non-hydrogen) atoms. The van der Waals surface area contributed by atoms with Crippen LogP contribution in [-0.4, -0.2) is 41.2 Å². The topological polar surface area (TPSA) is 81.7 Å². The van der Waals surface area contributed by atoms with Gasteiger partial charge in [-0.25, -0.2) is 9.80 Å². The number of hydrazine groups is 1. The van der Waals surface area contributed by atoms with Crippen molar-refractivity contribution in [2.75, 3.05) is 13.1 Å². The fourth-order valence-electron chi connectivity index (χ4n) is 4.19. The summed E-state index contributed by atoms with van der Waals surface area (Å²) in [5.74, 6) is -0.577. The fraction of sp³-hybridized carbons (Fsp3) is 0.857. The van der Waals surface area contributed by atoms with E-state index >= 15 is 0 Å². The van der Waals surface area contributed by atoms with Crippen molar-refractivity contribution in [2.24, 2.45) is 17.8 Å². The number of nitrogens with zero attached hydrogens (tertiary/aromatic N) is 1. The number of nitrogens with one attached hydrogen (secondary N) is 2. The number of urea groups is 1. The standard InChI is InChI=1S/C14H23N3O3/c18-13(19)11-9-4-5-10(8-9)12(11)15-14(20)16-17-6-2-1-3-7-17/h9-12H,1-8H2,(H,18,19)(H2,15,16,20). The Labute approximate surface area is 118 Å². The van der Waals surface area contributed by atoms with Crippen LogP contribution in [0.1, 0.15) is 38.5 Å². The zero-order valence-corrected chi connectivity index (χ0v) is 11.7. The number of hydrogen-bond donors (Lipinski definition) is 3. The average molecular weight is 281 g/mol. The summed E-state index contributed by atoms with van der Waals surface area (Å²) in [5.41, 5.74) is 2.86. The molecule has 4 unspecified atom stereocenters. The maximum Gasteiger partial charge on any atom is 0.329 e. The molecule has 2 bridgehead atoms. The second-order valence-electron chi connectivity index (χ2n) is 6.36. The van der Waals surface area contributed by atoms with E-state index < -0.39 is 11.9 Å². The van der Waals surface area contributed by atoms with E-state index in [0.717, 1.165) is 45.2 Å². The van der Waals surface area contributed by atoms with Crippen LogP contribution in [0.25, 0.3) is 0 Å². The highest BCUT2D eigenvalue weighted by Gasteiger charge is 2.51. The summed E-state index contributed by atoms with van der Waals surface area (Å²) >= 11 is 0. The Kier molecular flexibility index (Phi) is 3.83. The SMILES string of the molecule is O=C(NC1C2CCC(C2)C1C(=O)O)NN1CCCCC1. The van der Waals surface area contributed by atoms with Gasteiger partial charge in [0, 0.05) is 19.1 Å². The Balaban J connectivity index is 1.56. The predicted molar refractivity (Wildman–Crippen MR) is 72.8 cm³/mol. The van der Waals surface area contributed by atoms with Crippen LogP contribution in [0, 0.1) is 17.8 Å². The van der Waals surface area contributed by atoms with E-state index in [1.54, 1.807) is 0 Å². The molecule has 2 aliphatic carbocycles. The number of carboxylic acid groups (broad SMARTS) is 1. The van der Waals surface area contributed by atoms with Crippen molar-refractivity contribution in [1.82, 2.24) is 15.8 Å². The van der Waals surface area contributed by atoms with Gasteiger partial charge in [0.05, 0.1) is 5.92 Å². The number of carbonyl (C=O) groups excluding carboxylic acids is 1. The molecular weight excluding hydrogens is 258 g/mol. The van der Waals surface area contributed by atoms with Gasteiger partial charge in [0.1, 0.15) is 0 Å². The Bertz CT molecular complexity index is 395. The number of amides is 2. The lowest BCUT2D eigenvalue weighted by atomic mass is 9.84. The van der Waals surface area contributed by atoms with Crippen molar-refractivity contribution >= 4 is 12.0 Å². The van der Waals surface area contributed by atoms with Crippen LogP contribution in [0.3, 0.4) is 0 Å². The van der Waals surface area contributed by atoms with Gasteiger partial charge in [-0.2, -0.15) is 0 Å². The summed E-state index contributed by atoms with van der Waals surface area (Å²) in [6.07, 6.45) is 6.41. The Morgan fingerprint density at radius 1 is 1.05 bits per heavy atom. The lowest BCUT2D eigenvalue weighted by molar-refractivity contribution is -0.144. The van der Waals surface area contributed by atoms with Crippen LogP contribution in [0.4, 0.5) is 4.79 Å². The van der Waals surface area contributed by atoms with Gasteiger partial charge in [-0.1, -0.05) is 6.42 Å². The monoisotopic (exact) mass is 281 g/mol. The molecule has 0 aromatic rings. The minimum absolute atomic E-state index is 0.198. The third-order valence-electron chi connectivity index (χ3n) is 5.12. The highest BCUT2D eigenvalue weighted by molar-refractivity contribution is 5.77. The van der Waals surface area contributed by atoms with Gasteiger partial charge in [-0.15, -0.1) is 0 Å². The summed E-state index contributed by atoms with van der Waals surface area (Å²) < 4.78 is 0. The zero-order valence-electron chi connectivity index (χ0n) is 11.7. The van der Waals surface area contributed by atoms with Crippen molar-refractivity contribution < 1.29 is 14.7 Å². The van der Waals surface area contributed by atoms with Gasteiger partial charge in [-0.3, -0.25) is 10.2 Å². The lowest BCUT2D eigenvalue weighted by Crippen LogP contribution is -2.55. The molecular formula is C14H23N3O3. The maximum atomic E-state index is 12.1. The summed E-state index contributed by atoms with van der Waals surface area (Å²) in [7, 11) is 0. The number of aliphatic carboxylic acids is 1. The first-order valence-electron chi connectivity index (χ1n) is 7.70. The first-order chi connectivity index (χ1) is 9.65. The van der Waals surface area contributed by atoms with Crippen LogP contribution in [0.5, 0.6) is 0 Å². The molecule has 2 amide bonds.